The maximum Gasteiger partial charge on any atom is 0.573 e. The molecule has 1 heterocycles. The van der Waals surface area contributed by atoms with Gasteiger partial charge in [0.05, 0.1) is 6.54 Å². The van der Waals surface area contributed by atoms with Gasteiger partial charge in [-0.25, -0.2) is 0 Å². The Bertz CT molecular complexity index is 680. The quantitative estimate of drug-likeness (QED) is 0.830. The van der Waals surface area contributed by atoms with Crippen LogP contribution in [-0.4, -0.2) is 16.0 Å². The van der Waals surface area contributed by atoms with Crippen molar-refractivity contribution in [2.75, 3.05) is 5.32 Å². The van der Waals surface area contributed by atoms with E-state index in [1.54, 1.807) is 0 Å². The number of aryl methyl sites for hydroxylation is 1. The summed E-state index contributed by atoms with van der Waals surface area (Å²) in [5.74, 6) is -0.277. The second-order valence-corrected chi connectivity index (χ2v) is 5.31. The molecule has 2 N–H and O–H groups in total. The van der Waals surface area contributed by atoms with Crippen molar-refractivity contribution in [1.29, 1.82) is 0 Å². The van der Waals surface area contributed by atoms with Gasteiger partial charge in [-0.1, -0.05) is 0 Å². The first-order chi connectivity index (χ1) is 10.7. The highest BCUT2D eigenvalue weighted by Crippen LogP contribution is 2.23. The van der Waals surface area contributed by atoms with E-state index in [1.165, 1.54) is 24.3 Å². The summed E-state index contributed by atoms with van der Waals surface area (Å²) in [5, 5.41) is 6.33. The molecule has 23 heavy (non-hydrogen) atoms. The molecule has 2 aromatic rings. The zero-order chi connectivity index (χ0) is 17.0. The maximum absolute atomic E-state index is 12.1. The van der Waals surface area contributed by atoms with Crippen LogP contribution < -0.4 is 15.4 Å². The lowest BCUT2D eigenvalue weighted by molar-refractivity contribution is -0.274. The number of ether oxygens (including phenoxy) is 1. The molecule has 8 heteroatoms. The van der Waals surface area contributed by atoms with Gasteiger partial charge in [-0.3, -0.25) is 0 Å². The Labute approximate surface area is 137 Å². The van der Waals surface area contributed by atoms with E-state index in [0.717, 1.165) is 11.4 Å². The minimum atomic E-state index is -4.70. The number of alkyl halides is 3. The molecule has 0 bridgehead atoms. The first-order valence-corrected chi connectivity index (χ1v) is 7.17. The summed E-state index contributed by atoms with van der Waals surface area (Å²) in [4.78, 5) is 0. The molecule has 124 valence electrons. The third kappa shape index (κ3) is 5.17. The Balaban J connectivity index is 1.86. The summed E-state index contributed by atoms with van der Waals surface area (Å²) < 4.78 is 42.1. The molecule has 2 rings (SSSR count). The third-order valence-electron chi connectivity index (χ3n) is 3.25. The van der Waals surface area contributed by atoms with Crippen molar-refractivity contribution in [2.45, 2.75) is 19.8 Å². The van der Waals surface area contributed by atoms with E-state index < -0.39 is 6.36 Å². The number of halogens is 3. The zero-order valence-electron chi connectivity index (χ0n) is 12.6. The molecule has 0 aliphatic rings. The second-order valence-electron chi connectivity index (χ2n) is 4.90. The van der Waals surface area contributed by atoms with E-state index >= 15 is 0 Å². The minimum Gasteiger partial charge on any atom is -0.406 e. The number of hydrogen-bond acceptors (Lipinski definition) is 2. The van der Waals surface area contributed by atoms with Gasteiger partial charge in [-0.2, -0.15) is 0 Å². The minimum absolute atomic E-state index is 0.277. The first-order valence-electron chi connectivity index (χ1n) is 6.76. The number of aromatic nitrogens is 1. The van der Waals surface area contributed by atoms with Crippen LogP contribution in [-0.2, 0) is 13.6 Å². The normalized spacial score (nSPS) is 11.2. The summed E-state index contributed by atoms with van der Waals surface area (Å²) in [7, 11) is 1.96. The highest BCUT2D eigenvalue weighted by atomic mass is 32.1. The molecule has 0 unspecified atom stereocenters. The molecule has 0 saturated heterocycles. The van der Waals surface area contributed by atoms with Crippen LogP contribution in [0.4, 0.5) is 18.9 Å². The van der Waals surface area contributed by atoms with Gasteiger partial charge >= 0.3 is 6.36 Å². The van der Waals surface area contributed by atoms with Crippen LogP contribution in [0.5, 0.6) is 5.75 Å². The number of thiocarbonyl (C=S) groups is 1. The smallest absolute Gasteiger partial charge is 0.406 e. The van der Waals surface area contributed by atoms with Crippen LogP contribution >= 0.6 is 12.2 Å². The van der Waals surface area contributed by atoms with Gasteiger partial charge in [-0.05, 0) is 55.5 Å². The number of hydrogen-bond donors (Lipinski definition) is 2. The summed E-state index contributed by atoms with van der Waals surface area (Å²) in [6, 6.07) is 9.36. The van der Waals surface area contributed by atoms with Gasteiger partial charge in [0.1, 0.15) is 5.75 Å². The molecular formula is C15H16F3N3OS. The van der Waals surface area contributed by atoms with Crippen LogP contribution in [0, 0.1) is 6.92 Å². The van der Waals surface area contributed by atoms with Crippen molar-refractivity contribution in [3.05, 3.63) is 47.8 Å². The van der Waals surface area contributed by atoms with Crippen molar-refractivity contribution in [1.82, 2.24) is 9.88 Å². The molecule has 0 aliphatic heterocycles. The summed E-state index contributed by atoms with van der Waals surface area (Å²) >= 11 is 5.16. The Morgan fingerprint density at radius 1 is 1.17 bits per heavy atom. The van der Waals surface area contributed by atoms with Crippen molar-refractivity contribution >= 4 is 23.0 Å². The third-order valence-corrected chi connectivity index (χ3v) is 3.50. The summed E-state index contributed by atoms with van der Waals surface area (Å²) in [5.41, 5.74) is 2.78. The van der Waals surface area contributed by atoms with Crippen molar-refractivity contribution < 1.29 is 17.9 Å². The second kappa shape index (κ2) is 6.91. The number of nitrogens with zero attached hydrogens (tertiary/aromatic N) is 1. The molecule has 1 aromatic heterocycles. The predicted molar refractivity (Wildman–Crippen MR) is 86.3 cm³/mol. The Morgan fingerprint density at radius 2 is 1.83 bits per heavy atom. The molecule has 1 aromatic carbocycles. The van der Waals surface area contributed by atoms with E-state index in [4.69, 9.17) is 12.2 Å². The Kier molecular flexibility index (Phi) is 5.15. The van der Waals surface area contributed by atoms with Crippen LogP contribution in [0.1, 0.15) is 11.4 Å². The molecule has 4 nitrogen and oxygen atoms in total. The highest BCUT2D eigenvalue weighted by molar-refractivity contribution is 7.80. The van der Waals surface area contributed by atoms with Gasteiger partial charge < -0.3 is 19.9 Å². The Hall–Kier alpha value is -2.22. The molecule has 0 atom stereocenters. The molecule has 0 spiro atoms. The van der Waals surface area contributed by atoms with Crippen molar-refractivity contribution in [2.24, 2.45) is 7.05 Å². The van der Waals surface area contributed by atoms with Gasteiger partial charge in [0, 0.05) is 24.1 Å². The predicted octanol–water partition coefficient (Wildman–Crippen LogP) is 3.72. The number of nitrogens with one attached hydrogen (secondary N) is 2. The van der Waals surface area contributed by atoms with Crippen molar-refractivity contribution in [3.63, 3.8) is 0 Å². The number of anilines is 1. The maximum atomic E-state index is 12.1. The monoisotopic (exact) mass is 343 g/mol. The van der Waals surface area contributed by atoms with Gasteiger partial charge in [0.15, 0.2) is 5.11 Å². The standard InChI is InChI=1S/C15H16F3N3OS/c1-10-3-6-12(21(10)2)9-19-14(23)20-11-4-7-13(8-5-11)22-15(16,17)18/h3-8H,9H2,1-2H3,(H2,19,20,23). The van der Waals surface area contributed by atoms with Crippen LogP contribution in [0.25, 0.3) is 0 Å². The Morgan fingerprint density at radius 3 is 2.35 bits per heavy atom. The average molecular weight is 343 g/mol. The first kappa shape index (κ1) is 17.1. The van der Waals surface area contributed by atoms with Crippen LogP contribution in [0.15, 0.2) is 36.4 Å². The number of rotatable bonds is 4. The molecule has 0 fully saturated rings. The van der Waals surface area contributed by atoms with Gasteiger partial charge in [-0.15, -0.1) is 13.2 Å². The van der Waals surface area contributed by atoms with E-state index in [9.17, 15) is 13.2 Å². The lowest BCUT2D eigenvalue weighted by Gasteiger charge is -2.13. The molecule has 0 radical (unpaired) electrons. The lowest BCUT2D eigenvalue weighted by atomic mass is 10.3. The van der Waals surface area contributed by atoms with Gasteiger partial charge in [0.2, 0.25) is 0 Å². The molecule has 0 saturated carbocycles. The fraction of sp³-hybridized carbons (Fsp3) is 0.267. The SMILES string of the molecule is Cc1ccc(CNC(=S)Nc2ccc(OC(F)(F)F)cc2)n1C. The summed E-state index contributed by atoms with van der Waals surface area (Å²) in [6.07, 6.45) is -4.70. The van der Waals surface area contributed by atoms with Crippen LogP contribution in [0.3, 0.4) is 0 Å². The largest absolute Gasteiger partial charge is 0.573 e. The number of benzene rings is 1. The lowest BCUT2D eigenvalue weighted by Crippen LogP contribution is -2.28. The highest BCUT2D eigenvalue weighted by Gasteiger charge is 2.30. The van der Waals surface area contributed by atoms with Crippen LogP contribution in [0.2, 0.25) is 0 Å². The van der Waals surface area contributed by atoms with Crippen molar-refractivity contribution in [3.8, 4) is 5.75 Å². The zero-order valence-corrected chi connectivity index (χ0v) is 13.4. The van der Waals surface area contributed by atoms with Gasteiger partial charge in [0.25, 0.3) is 0 Å². The fourth-order valence-corrected chi connectivity index (χ4v) is 2.12. The summed E-state index contributed by atoms with van der Waals surface area (Å²) in [6.45, 7) is 2.55. The van der Waals surface area contributed by atoms with E-state index in [2.05, 4.69) is 15.4 Å². The topological polar surface area (TPSA) is 38.2 Å². The average Bonchev–Trinajstić information content (AvgIpc) is 2.77. The fourth-order valence-electron chi connectivity index (χ4n) is 1.93. The molecule has 0 aliphatic carbocycles. The van der Waals surface area contributed by atoms with E-state index in [0.29, 0.717) is 17.3 Å². The van der Waals surface area contributed by atoms with E-state index in [-0.39, 0.29) is 5.75 Å². The molecule has 0 amide bonds. The van der Waals surface area contributed by atoms with E-state index in [1.807, 2.05) is 30.7 Å². The molecular weight excluding hydrogens is 327 g/mol.